The molecule has 0 aromatic carbocycles. The van der Waals surface area contributed by atoms with Gasteiger partial charge < -0.3 is 10.2 Å². The molecule has 1 aliphatic rings. The lowest BCUT2D eigenvalue weighted by Crippen LogP contribution is -2.44. The van der Waals surface area contributed by atoms with E-state index in [4.69, 9.17) is 10.2 Å². The maximum atomic E-state index is 6.30. The first-order chi connectivity index (χ1) is 8.85. The third-order valence-electron chi connectivity index (χ3n) is 4.34. The number of aryl methyl sites for hydroxylation is 1. The van der Waals surface area contributed by atoms with Crippen molar-refractivity contribution in [2.45, 2.75) is 52.6 Å². The van der Waals surface area contributed by atoms with E-state index >= 15 is 0 Å². The minimum absolute atomic E-state index is 0.355. The molecule has 3 heteroatoms. The van der Waals surface area contributed by atoms with Gasteiger partial charge in [0.05, 0.1) is 6.54 Å². The van der Waals surface area contributed by atoms with Gasteiger partial charge in [0, 0.05) is 12.6 Å². The van der Waals surface area contributed by atoms with Crippen LogP contribution in [0.2, 0.25) is 0 Å². The molecule has 0 bridgehead atoms. The van der Waals surface area contributed by atoms with Crippen molar-refractivity contribution < 1.29 is 4.42 Å². The average Bonchev–Trinajstić information content (AvgIpc) is 2.69. The van der Waals surface area contributed by atoms with Gasteiger partial charge >= 0.3 is 0 Å². The quantitative estimate of drug-likeness (QED) is 0.908. The van der Waals surface area contributed by atoms with Crippen molar-refractivity contribution in [3.05, 3.63) is 23.7 Å². The molecular formula is C16H28N2O. The van der Waals surface area contributed by atoms with Crippen molar-refractivity contribution in [2.24, 2.45) is 17.1 Å². The molecule has 19 heavy (non-hydrogen) atoms. The topological polar surface area (TPSA) is 42.4 Å². The van der Waals surface area contributed by atoms with Crippen LogP contribution >= 0.6 is 0 Å². The van der Waals surface area contributed by atoms with Gasteiger partial charge in [0.25, 0.3) is 0 Å². The minimum Gasteiger partial charge on any atom is -0.465 e. The van der Waals surface area contributed by atoms with Crippen LogP contribution in [0.5, 0.6) is 0 Å². The highest BCUT2D eigenvalue weighted by atomic mass is 16.3. The summed E-state index contributed by atoms with van der Waals surface area (Å²) in [6.07, 6.45) is 3.65. The van der Waals surface area contributed by atoms with E-state index < -0.39 is 0 Å². The predicted molar refractivity (Wildman–Crippen MR) is 78.9 cm³/mol. The molecule has 108 valence electrons. The van der Waals surface area contributed by atoms with Crippen molar-refractivity contribution in [3.63, 3.8) is 0 Å². The standard InChI is InChI=1S/C16H28N2O/c1-12-5-6-14(19-12)11-18(4)10-13-9-16(2,3)8-7-15(13)17/h5-6,13,15H,7-11,17H2,1-4H3. The fourth-order valence-corrected chi connectivity index (χ4v) is 3.26. The Morgan fingerprint density at radius 2 is 2.16 bits per heavy atom. The summed E-state index contributed by atoms with van der Waals surface area (Å²) >= 11 is 0. The first kappa shape index (κ1) is 14.6. The average molecular weight is 264 g/mol. The fraction of sp³-hybridized carbons (Fsp3) is 0.750. The molecular weight excluding hydrogens is 236 g/mol. The van der Waals surface area contributed by atoms with Crippen LogP contribution in [-0.4, -0.2) is 24.5 Å². The summed E-state index contributed by atoms with van der Waals surface area (Å²) in [5.74, 6) is 2.63. The maximum absolute atomic E-state index is 6.30. The summed E-state index contributed by atoms with van der Waals surface area (Å²) in [6.45, 7) is 8.65. The molecule has 1 fully saturated rings. The second-order valence-corrected chi connectivity index (χ2v) is 7.04. The van der Waals surface area contributed by atoms with Crippen molar-refractivity contribution in [1.29, 1.82) is 0 Å². The monoisotopic (exact) mass is 264 g/mol. The summed E-state index contributed by atoms with van der Waals surface area (Å²) in [4.78, 5) is 2.34. The number of rotatable bonds is 4. The lowest BCUT2D eigenvalue weighted by atomic mass is 9.70. The van der Waals surface area contributed by atoms with Gasteiger partial charge in [-0.15, -0.1) is 0 Å². The second kappa shape index (κ2) is 5.68. The van der Waals surface area contributed by atoms with Gasteiger partial charge in [0.2, 0.25) is 0 Å². The SMILES string of the molecule is Cc1ccc(CN(C)CC2CC(C)(C)CCC2N)o1. The molecule has 2 N–H and O–H groups in total. The molecule has 0 spiro atoms. The van der Waals surface area contributed by atoms with Gasteiger partial charge in [-0.3, -0.25) is 4.90 Å². The molecule has 3 nitrogen and oxygen atoms in total. The van der Waals surface area contributed by atoms with Crippen molar-refractivity contribution in [1.82, 2.24) is 4.90 Å². The third kappa shape index (κ3) is 4.08. The predicted octanol–water partition coefficient (Wildman–Crippen LogP) is 3.17. The molecule has 1 saturated carbocycles. The van der Waals surface area contributed by atoms with E-state index in [9.17, 15) is 0 Å². The van der Waals surface area contributed by atoms with E-state index in [-0.39, 0.29) is 0 Å². The van der Waals surface area contributed by atoms with E-state index in [1.165, 1.54) is 12.8 Å². The highest BCUT2D eigenvalue weighted by molar-refractivity contribution is 5.05. The molecule has 2 rings (SSSR count). The molecule has 2 unspecified atom stereocenters. The summed E-state index contributed by atoms with van der Waals surface area (Å²) in [6, 6.07) is 4.45. The second-order valence-electron chi connectivity index (χ2n) is 7.04. The zero-order chi connectivity index (χ0) is 14.0. The lowest BCUT2D eigenvalue weighted by Gasteiger charge is -2.40. The summed E-state index contributed by atoms with van der Waals surface area (Å²) < 4.78 is 5.64. The first-order valence-electron chi connectivity index (χ1n) is 7.35. The highest BCUT2D eigenvalue weighted by Gasteiger charge is 2.33. The Kier molecular flexibility index (Phi) is 4.36. The van der Waals surface area contributed by atoms with Crippen molar-refractivity contribution >= 4 is 0 Å². The molecule has 1 aliphatic carbocycles. The summed E-state index contributed by atoms with van der Waals surface area (Å²) in [5.41, 5.74) is 6.74. The Morgan fingerprint density at radius 1 is 1.42 bits per heavy atom. The number of hydrogen-bond donors (Lipinski definition) is 1. The van der Waals surface area contributed by atoms with E-state index in [1.54, 1.807) is 0 Å². The normalized spacial score (nSPS) is 26.8. The van der Waals surface area contributed by atoms with Gasteiger partial charge in [0.15, 0.2) is 0 Å². The smallest absolute Gasteiger partial charge is 0.118 e. The van der Waals surface area contributed by atoms with Gasteiger partial charge in [-0.2, -0.15) is 0 Å². The maximum Gasteiger partial charge on any atom is 0.118 e. The fourth-order valence-electron chi connectivity index (χ4n) is 3.26. The van der Waals surface area contributed by atoms with Gasteiger partial charge in [-0.25, -0.2) is 0 Å². The molecule has 0 aliphatic heterocycles. The summed E-state index contributed by atoms with van der Waals surface area (Å²) in [5, 5.41) is 0. The van der Waals surface area contributed by atoms with Gasteiger partial charge in [-0.05, 0) is 56.7 Å². The lowest BCUT2D eigenvalue weighted by molar-refractivity contribution is 0.120. The molecule has 0 saturated heterocycles. The third-order valence-corrected chi connectivity index (χ3v) is 4.34. The van der Waals surface area contributed by atoms with E-state index in [0.717, 1.165) is 31.0 Å². The molecule has 1 aromatic heterocycles. The minimum atomic E-state index is 0.355. The van der Waals surface area contributed by atoms with Gasteiger partial charge in [-0.1, -0.05) is 13.8 Å². The van der Waals surface area contributed by atoms with Crippen LogP contribution in [-0.2, 0) is 6.54 Å². The van der Waals surface area contributed by atoms with Crippen LogP contribution in [0.3, 0.4) is 0 Å². The Bertz CT molecular complexity index is 411. The zero-order valence-corrected chi connectivity index (χ0v) is 12.8. The number of furan rings is 1. The Labute approximate surface area is 117 Å². The van der Waals surface area contributed by atoms with E-state index in [0.29, 0.717) is 17.4 Å². The molecule has 2 atom stereocenters. The Hall–Kier alpha value is -0.800. The largest absolute Gasteiger partial charge is 0.465 e. The number of nitrogens with zero attached hydrogens (tertiary/aromatic N) is 1. The number of nitrogens with two attached hydrogens (primary N) is 1. The zero-order valence-electron chi connectivity index (χ0n) is 12.8. The first-order valence-corrected chi connectivity index (χ1v) is 7.35. The van der Waals surface area contributed by atoms with Crippen LogP contribution in [0.1, 0.15) is 44.6 Å². The van der Waals surface area contributed by atoms with E-state index in [2.05, 4.69) is 31.9 Å². The van der Waals surface area contributed by atoms with Crippen LogP contribution in [0, 0.1) is 18.3 Å². The Morgan fingerprint density at radius 3 is 2.79 bits per heavy atom. The van der Waals surface area contributed by atoms with E-state index in [1.807, 2.05) is 13.0 Å². The van der Waals surface area contributed by atoms with Crippen LogP contribution in [0.4, 0.5) is 0 Å². The molecule has 1 heterocycles. The molecule has 0 amide bonds. The van der Waals surface area contributed by atoms with Crippen molar-refractivity contribution in [2.75, 3.05) is 13.6 Å². The molecule has 1 aromatic rings. The van der Waals surface area contributed by atoms with Gasteiger partial charge in [0.1, 0.15) is 11.5 Å². The Balaban J connectivity index is 1.88. The highest BCUT2D eigenvalue weighted by Crippen LogP contribution is 2.38. The number of hydrogen-bond acceptors (Lipinski definition) is 3. The molecule has 0 radical (unpaired) electrons. The van der Waals surface area contributed by atoms with Crippen LogP contribution in [0.25, 0.3) is 0 Å². The van der Waals surface area contributed by atoms with Crippen LogP contribution < -0.4 is 5.73 Å². The summed E-state index contributed by atoms with van der Waals surface area (Å²) in [7, 11) is 2.16. The van der Waals surface area contributed by atoms with Crippen molar-refractivity contribution in [3.8, 4) is 0 Å². The van der Waals surface area contributed by atoms with Crippen LogP contribution in [0.15, 0.2) is 16.5 Å².